The molecular weight excluding hydrogens is 210 g/mol. The molecule has 4 saturated carbocycles. The van der Waals surface area contributed by atoms with E-state index in [0.29, 0.717) is 11.4 Å². The van der Waals surface area contributed by atoms with Crippen molar-refractivity contribution in [1.29, 1.82) is 0 Å². The molecule has 1 aliphatic heterocycles. The van der Waals surface area contributed by atoms with Gasteiger partial charge in [0.15, 0.2) is 5.96 Å². The number of rotatable bonds is 1. The summed E-state index contributed by atoms with van der Waals surface area (Å²) in [7, 11) is 0. The Balaban J connectivity index is 1.60. The predicted octanol–water partition coefficient (Wildman–Crippen LogP) is 1.74. The maximum absolute atomic E-state index is 5.73. The van der Waals surface area contributed by atoms with Gasteiger partial charge in [0.2, 0.25) is 0 Å². The van der Waals surface area contributed by atoms with Crippen LogP contribution in [0.15, 0.2) is 4.99 Å². The number of nitrogens with one attached hydrogen (secondary N) is 1. The minimum atomic E-state index is 0.631. The van der Waals surface area contributed by atoms with Crippen LogP contribution in [0.3, 0.4) is 0 Å². The number of hydrogen-bond donors (Lipinski definition) is 2. The van der Waals surface area contributed by atoms with Crippen molar-refractivity contribution in [3.63, 3.8) is 0 Å². The summed E-state index contributed by atoms with van der Waals surface area (Å²) in [6, 6.07) is 0. The molecule has 5 aliphatic rings. The third kappa shape index (κ3) is 1.50. The van der Waals surface area contributed by atoms with Crippen molar-refractivity contribution in [3.8, 4) is 0 Å². The highest BCUT2D eigenvalue weighted by Gasteiger charge is 2.54. The smallest absolute Gasteiger partial charge is 0.188 e. The summed E-state index contributed by atoms with van der Waals surface area (Å²) < 4.78 is 0. The quantitative estimate of drug-likeness (QED) is 0.725. The largest absolute Gasteiger partial charge is 0.370 e. The van der Waals surface area contributed by atoms with Crippen LogP contribution in [-0.2, 0) is 0 Å². The van der Waals surface area contributed by atoms with E-state index < -0.39 is 0 Å². The van der Waals surface area contributed by atoms with Gasteiger partial charge in [0.1, 0.15) is 0 Å². The maximum Gasteiger partial charge on any atom is 0.188 e. The molecule has 3 heteroatoms. The zero-order chi connectivity index (χ0) is 11.5. The monoisotopic (exact) mass is 233 g/mol. The summed E-state index contributed by atoms with van der Waals surface area (Å²) in [6.07, 6.45) is 9.06. The van der Waals surface area contributed by atoms with E-state index in [0.717, 1.165) is 36.8 Å². The Hall–Kier alpha value is -0.730. The van der Waals surface area contributed by atoms with Crippen LogP contribution >= 0.6 is 0 Å². The summed E-state index contributed by atoms with van der Waals surface area (Å²) >= 11 is 0. The summed E-state index contributed by atoms with van der Waals surface area (Å²) in [6.45, 7) is 2.05. The highest BCUT2D eigenvalue weighted by Crippen LogP contribution is 2.62. The number of hydrogen-bond acceptors (Lipinski definition) is 3. The second-order valence-corrected chi connectivity index (χ2v) is 7.08. The molecule has 0 saturated heterocycles. The summed E-state index contributed by atoms with van der Waals surface area (Å²) in [4.78, 5) is 4.45. The first-order valence-corrected chi connectivity index (χ1v) is 7.27. The van der Waals surface area contributed by atoms with Crippen LogP contribution < -0.4 is 11.1 Å². The van der Waals surface area contributed by atoms with Gasteiger partial charge in [-0.2, -0.15) is 0 Å². The lowest BCUT2D eigenvalue weighted by Crippen LogP contribution is -2.54. The van der Waals surface area contributed by atoms with Gasteiger partial charge >= 0.3 is 0 Å². The zero-order valence-electron chi connectivity index (χ0n) is 10.5. The van der Waals surface area contributed by atoms with Gasteiger partial charge in [-0.05, 0) is 61.7 Å². The molecule has 4 aliphatic carbocycles. The highest BCUT2D eigenvalue weighted by atomic mass is 15.1. The molecule has 4 bridgehead atoms. The first-order chi connectivity index (χ1) is 8.23. The molecule has 3 N–H and O–H groups in total. The van der Waals surface area contributed by atoms with Crippen molar-refractivity contribution >= 4 is 5.96 Å². The van der Waals surface area contributed by atoms with Gasteiger partial charge in [-0.1, -0.05) is 0 Å². The number of aliphatic imine (C=N–C) groups is 1. The lowest BCUT2D eigenvalue weighted by Gasteiger charge is -2.59. The first kappa shape index (κ1) is 10.2. The van der Waals surface area contributed by atoms with Crippen molar-refractivity contribution in [2.24, 2.45) is 39.8 Å². The third-order valence-electron chi connectivity index (χ3n) is 5.96. The molecule has 17 heavy (non-hydrogen) atoms. The second kappa shape index (κ2) is 3.39. The highest BCUT2D eigenvalue weighted by molar-refractivity contribution is 5.78. The molecular formula is C14H23N3. The molecule has 0 aromatic carbocycles. The first-order valence-electron chi connectivity index (χ1n) is 7.27. The average Bonchev–Trinajstić information content (AvgIpc) is 2.27. The second-order valence-electron chi connectivity index (χ2n) is 7.08. The van der Waals surface area contributed by atoms with Crippen LogP contribution in [0.5, 0.6) is 0 Å². The third-order valence-corrected chi connectivity index (χ3v) is 5.96. The molecule has 0 amide bonds. The van der Waals surface area contributed by atoms with Gasteiger partial charge < -0.3 is 11.1 Å². The Kier molecular flexibility index (Phi) is 2.04. The molecule has 0 spiro atoms. The predicted molar refractivity (Wildman–Crippen MR) is 68.6 cm³/mol. The Morgan fingerprint density at radius 3 is 2.12 bits per heavy atom. The molecule has 5 rings (SSSR count). The van der Waals surface area contributed by atoms with Gasteiger partial charge in [0.05, 0.1) is 0 Å². The van der Waals surface area contributed by atoms with E-state index in [-0.39, 0.29) is 0 Å². The van der Waals surface area contributed by atoms with Crippen molar-refractivity contribution in [2.45, 2.75) is 38.5 Å². The van der Waals surface area contributed by atoms with E-state index >= 15 is 0 Å². The van der Waals surface area contributed by atoms with Crippen molar-refractivity contribution in [2.75, 3.05) is 13.1 Å². The normalized spacial score (nSPS) is 52.1. The van der Waals surface area contributed by atoms with Crippen molar-refractivity contribution in [3.05, 3.63) is 0 Å². The van der Waals surface area contributed by atoms with Crippen LogP contribution in [0, 0.1) is 29.1 Å². The van der Waals surface area contributed by atoms with Gasteiger partial charge in [-0.3, -0.25) is 4.99 Å². The number of nitrogens with zero attached hydrogens (tertiary/aromatic N) is 1. The molecule has 94 valence electrons. The number of nitrogens with two attached hydrogens (primary N) is 1. The average molecular weight is 233 g/mol. The van der Waals surface area contributed by atoms with Crippen LogP contribution in [0.1, 0.15) is 38.5 Å². The minimum Gasteiger partial charge on any atom is -0.370 e. The fourth-order valence-corrected chi connectivity index (χ4v) is 5.64. The van der Waals surface area contributed by atoms with Crippen LogP contribution in [-0.4, -0.2) is 19.0 Å². The molecule has 3 nitrogen and oxygen atoms in total. The summed E-state index contributed by atoms with van der Waals surface area (Å²) in [5.41, 5.74) is 6.36. The van der Waals surface area contributed by atoms with Crippen molar-refractivity contribution < 1.29 is 0 Å². The molecule has 0 radical (unpaired) electrons. The van der Waals surface area contributed by atoms with Crippen molar-refractivity contribution in [1.82, 2.24) is 5.32 Å². The van der Waals surface area contributed by atoms with Gasteiger partial charge in [-0.15, -0.1) is 0 Å². The molecule has 1 heterocycles. The molecule has 1 atom stereocenters. The fraction of sp³-hybridized carbons (Fsp3) is 0.929. The van der Waals surface area contributed by atoms with Crippen LogP contribution in [0.4, 0.5) is 0 Å². The molecule has 1 unspecified atom stereocenters. The van der Waals surface area contributed by atoms with Crippen LogP contribution in [0.25, 0.3) is 0 Å². The zero-order valence-corrected chi connectivity index (χ0v) is 10.5. The standard InChI is InChI=1S/C14H23N3/c15-13-16-7-12(8-17-13)14-4-9-1-10(5-14)3-11(2-9)6-14/h9-12H,1-8H2,(H3,15,16,17). The Bertz CT molecular complexity index is 325. The Morgan fingerprint density at radius 2 is 1.65 bits per heavy atom. The van der Waals surface area contributed by atoms with Gasteiger partial charge in [0.25, 0.3) is 0 Å². The lowest BCUT2D eigenvalue weighted by atomic mass is 9.46. The van der Waals surface area contributed by atoms with Crippen LogP contribution in [0.2, 0.25) is 0 Å². The molecule has 4 fully saturated rings. The van der Waals surface area contributed by atoms with Gasteiger partial charge in [-0.25, -0.2) is 0 Å². The Labute approximate surface area is 103 Å². The SMILES string of the molecule is NC1=NCC(C23CC4CC(CC(C4)C2)C3)CN1. The Morgan fingerprint density at radius 1 is 1.06 bits per heavy atom. The van der Waals surface area contributed by atoms with E-state index in [2.05, 4.69) is 10.3 Å². The molecule has 0 aromatic heterocycles. The topological polar surface area (TPSA) is 50.4 Å². The maximum atomic E-state index is 5.73. The molecule has 0 aromatic rings. The minimum absolute atomic E-state index is 0.631. The van der Waals surface area contributed by atoms with Gasteiger partial charge in [0, 0.05) is 19.0 Å². The van der Waals surface area contributed by atoms with E-state index in [4.69, 9.17) is 5.73 Å². The summed E-state index contributed by atoms with van der Waals surface area (Å²) in [5.74, 6) is 4.55. The van der Waals surface area contributed by atoms with E-state index in [1.165, 1.54) is 38.5 Å². The van der Waals surface area contributed by atoms with E-state index in [1.807, 2.05) is 0 Å². The van der Waals surface area contributed by atoms with E-state index in [9.17, 15) is 0 Å². The lowest BCUT2D eigenvalue weighted by molar-refractivity contribution is -0.0844. The van der Waals surface area contributed by atoms with E-state index in [1.54, 1.807) is 0 Å². The fourth-order valence-electron chi connectivity index (χ4n) is 5.64. The summed E-state index contributed by atoms with van der Waals surface area (Å²) in [5, 5.41) is 3.28. The number of guanidine groups is 1.